The van der Waals surface area contributed by atoms with E-state index in [0.717, 1.165) is 24.3 Å². The molecule has 0 aliphatic carbocycles. The Morgan fingerprint density at radius 1 is 1.47 bits per heavy atom. The number of ether oxygens (including phenoxy) is 1. The van der Waals surface area contributed by atoms with Crippen molar-refractivity contribution in [3.63, 3.8) is 0 Å². The zero-order valence-electron chi connectivity index (χ0n) is 11.1. The normalized spacial score (nSPS) is 12.5. The van der Waals surface area contributed by atoms with Crippen LogP contribution in [0.5, 0.6) is 0 Å². The second kappa shape index (κ2) is 7.19. The number of anilines is 1. The molecule has 96 valence electrons. The van der Waals surface area contributed by atoms with Crippen LogP contribution in [0.3, 0.4) is 0 Å². The maximum Gasteiger partial charge on any atom is 0.222 e. The summed E-state index contributed by atoms with van der Waals surface area (Å²) in [6.07, 6.45) is 2.02. The fraction of sp³-hybridized carbons (Fsp3) is 0.667. The van der Waals surface area contributed by atoms with Crippen LogP contribution in [0.2, 0.25) is 0 Å². The third kappa shape index (κ3) is 4.66. The monoisotopic (exact) mass is 238 g/mol. The van der Waals surface area contributed by atoms with Gasteiger partial charge in [-0.25, -0.2) is 9.97 Å². The minimum absolute atomic E-state index is 0.153. The lowest BCUT2D eigenvalue weighted by Crippen LogP contribution is -2.20. The van der Waals surface area contributed by atoms with E-state index in [1.807, 2.05) is 20.0 Å². The summed E-state index contributed by atoms with van der Waals surface area (Å²) in [6, 6.07) is 0. The summed E-state index contributed by atoms with van der Waals surface area (Å²) >= 11 is 0. The molecule has 0 amide bonds. The van der Waals surface area contributed by atoms with Crippen molar-refractivity contribution in [1.82, 2.24) is 15.3 Å². The molecule has 0 bridgehead atoms. The summed E-state index contributed by atoms with van der Waals surface area (Å²) in [7, 11) is 1.69. The van der Waals surface area contributed by atoms with Gasteiger partial charge in [-0.05, 0) is 20.4 Å². The van der Waals surface area contributed by atoms with E-state index in [2.05, 4.69) is 27.5 Å². The van der Waals surface area contributed by atoms with Gasteiger partial charge in [-0.1, -0.05) is 6.92 Å². The number of aromatic nitrogens is 2. The fourth-order valence-electron chi connectivity index (χ4n) is 1.33. The van der Waals surface area contributed by atoms with Gasteiger partial charge in [-0.2, -0.15) is 0 Å². The first-order valence-electron chi connectivity index (χ1n) is 5.97. The van der Waals surface area contributed by atoms with Gasteiger partial charge in [0, 0.05) is 37.7 Å². The first-order chi connectivity index (χ1) is 8.17. The Hall–Kier alpha value is -1.20. The van der Waals surface area contributed by atoms with Crippen molar-refractivity contribution in [3.8, 4) is 0 Å². The lowest BCUT2D eigenvalue weighted by molar-refractivity contribution is 0.128. The SMILES string of the molecule is CCNCc1cnc(NCC(C)OC)nc1C. The van der Waals surface area contributed by atoms with Crippen LogP contribution in [0.1, 0.15) is 25.1 Å². The number of nitrogens with one attached hydrogen (secondary N) is 2. The minimum Gasteiger partial charge on any atom is -0.380 e. The average molecular weight is 238 g/mol. The van der Waals surface area contributed by atoms with E-state index in [1.54, 1.807) is 7.11 Å². The molecular formula is C12H22N4O. The molecule has 0 saturated carbocycles. The summed E-state index contributed by atoms with van der Waals surface area (Å²) < 4.78 is 5.15. The van der Waals surface area contributed by atoms with Gasteiger partial charge >= 0.3 is 0 Å². The predicted molar refractivity (Wildman–Crippen MR) is 69.1 cm³/mol. The number of hydrogen-bond donors (Lipinski definition) is 2. The third-order valence-corrected chi connectivity index (χ3v) is 2.60. The molecule has 1 heterocycles. The first-order valence-corrected chi connectivity index (χ1v) is 5.97. The number of methoxy groups -OCH3 is 1. The van der Waals surface area contributed by atoms with Gasteiger partial charge in [0.25, 0.3) is 0 Å². The van der Waals surface area contributed by atoms with Crippen LogP contribution in [0.15, 0.2) is 6.20 Å². The second-order valence-corrected chi connectivity index (χ2v) is 4.01. The van der Waals surface area contributed by atoms with E-state index < -0.39 is 0 Å². The largest absolute Gasteiger partial charge is 0.380 e. The minimum atomic E-state index is 0.153. The molecule has 0 fully saturated rings. The summed E-state index contributed by atoms with van der Waals surface area (Å²) in [5.74, 6) is 0.659. The molecule has 0 aliphatic heterocycles. The molecule has 5 heteroatoms. The van der Waals surface area contributed by atoms with Crippen LogP contribution in [0.25, 0.3) is 0 Å². The topological polar surface area (TPSA) is 59.1 Å². The van der Waals surface area contributed by atoms with E-state index in [0.29, 0.717) is 12.5 Å². The second-order valence-electron chi connectivity index (χ2n) is 4.01. The molecule has 0 radical (unpaired) electrons. The molecule has 17 heavy (non-hydrogen) atoms. The summed E-state index contributed by atoms with van der Waals surface area (Å²) in [5.41, 5.74) is 2.14. The van der Waals surface area contributed by atoms with Crippen molar-refractivity contribution < 1.29 is 4.74 Å². The fourth-order valence-corrected chi connectivity index (χ4v) is 1.33. The van der Waals surface area contributed by atoms with Gasteiger partial charge in [0.05, 0.1) is 6.10 Å². The maximum absolute atomic E-state index is 5.15. The molecule has 1 atom stereocenters. The van der Waals surface area contributed by atoms with Gasteiger partial charge in [-0.3, -0.25) is 0 Å². The Labute approximate surface area is 103 Å². The van der Waals surface area contributed by atoms with E-state index in [9.17, 15) is 0 Å². The van der Waals surface area contributed by atoms with E-state index in [4.69, 9.17) is 4.74 Å². The Bertz CT molecular complexity index is 343. The van der Waals surface area contributed by atoms with Gasteiger partial charge < -0.3 is 15.4 Å². The molecule has 1 rings (SSSR count). The molecule has 2 N–H and O–H groups in total. The number of nitrogens with zero attached hydrogens (tertiary/aromatic N) is 2. The van der Waals surface area contributed by atoms with E-state index in [-0.39, 0.29) is 6.10 Å². The van der Waals surface area contributed by atoms with Crippen LogP contribution in [0.4, 0.5) is 5.95 Å². The van der Waals surface area contributed by atoms with Gasteiger partial charge in [0.2, 0.25) is 5.95 Å². The van der Waals surface area contributed by atoms with Crippen LogP contribution in [0, 0.1) is 6.92 Å². The standard InChI is InChI=1S/C12H22N4O/c1-5-13-7-11-8-15-12(16-10(11)3)14-6-9(2)17-4/h8-9,13H,5-7H2,1-4H3,(H,14,15,16). The first kappa shape index (κ1) is 13.9. The zero-order valence-corrected chi connectivity index (χ0v) is 11.1. The zero-order chi connectivity index (χ0) is 12.7. The molecular weight excluding hydrogens is 216 g/mol. The van der Waals surface area contributed by atoms with E-state index in [1.165, 1.54) is 0 Å². The highest BCUT2D eigenvalue weighted by Gasteiger charge is 2.04. The summed E-state index contributed by atoms with van der Waals surface area (Å²) in [5, 5.41) is 6.42. The number of aryl methyl sites for hydroxylation is 1. The highest BCUT2D eigenvalue weighted by atomic mass is 16.5. The maximum atomic E-state index is 5.15. The highest BCUT2D eigenvalue weighted by molar-refractivity contribution is 5.29. The lowest BCUT2D eigenvalue weighted by atomic mass is 10.2. The van der Waals surface area contributed by atoms with Gasteiger partial charge in [-0.15, -0.1) is 0 Å². The number of hydrogen-bond acceptors (Lipinski definition) is 5. The van der Waals surface area contributed by atoms with Gasteiger partial charge in [0.1, 0.15) is 0 Å². The van der Waals surface area contributed by atoms with Crippen molar-refractivity contribution in [2.75, 3.05) is 25.5 Å². The van der Waals surface area contributed by atoms with Crippen molar-refractivity contribution in [3.05, 3.63) is 17.5 Å². The van der Waals surface area contributed by atoms with Crippen LogP contribution < -0.4 is 10.6 Å². The van der Waals surface area contributed by atoms with Crippen molar-refractivity contribution in [1.29, 1.82) is 0 Å². The van der Waals surface area contributed by atoms with Crippen LogP contribution in [-0.2, 0) is 11.3 Å². The summed E-state index contributed by atoms with van der Waals surface area (Å²) in [6.45, 7) is 8.56. The molecule has 0 aromatic carbocycles. The average Bonchev–Trinajstić information content (AvgIpc) is 2.34. The van der Waals surface area contributed by atoms with Gasteiger partial charge in [0.15, 0.2) is 0 Å². The Morgan fingerprint density at radius 3 is 2.82 bits per heavy atom. The Balaban J connectivity index is 2.55. The number of rotatable bonds is 7. The molecule has 0 aliphatic rings. The molecule has 0 saturated heterocycles. The van der Waals surface area contributed by atoms with E-state index >= 15 is 0 Å². The molecule has 1 aromatic rings. The van der Waals surface area contributed by atoms with Crippen LogP contribution >= 0.6 is 0 Å². The van der Waals surface area contributed by atoms with Crippen molar-refractivity contribution in [2.24, 2.45) is 0 Å². The molecule has 0 spiro atoms. The Kier molecular flexibility index (Phi) is 5.86. The molecule has 1 unspecified atom stereocenters. The quantitative estimate of drug-likeness (QED) is 0.750. The predicted octanol–water partition coefficient (Wildman–Crippen LogP) is 1.34. The Morgan fingerprint density at radius 2 is 2.24 bits per heavy atom. The molecule has 1 aromatic heterocycles. The van der Waals surface area contributed by atoms with Crippen molar-refractivity contribution in [2.45, 2.75) is 33.4 Å². The highest BCUT2D eigenvalue weighted by Crippen LogP contribution is 2.06. The third-order valence-electron chi connectivity index (χ3n) is 2.60. The molecule has 5 nitrogen and oxygen atoms in total. The summed E-state index contributed by atoms with van der Waals surface area (Å²) in [4.78, 5) is 8.70. The lowest BCUT2D eigenvalue weighted by Gasteiger charge is -2.12. The van der Waals surface area contributed by atoms with Crippen molar-refractivity contribution >= 4 is 5.95 Å². The van der Waals surface area contributed by atoms with Crippen LogP contribution in [-0.4, -0.2) is 36.3 Å². The smallest absolute Gasteiger partial charge is 0.222 e.